The molecule has 4 nitrogen and oxygen atoms in total. The van der Waals surface area contributed by atoms with E-state index in [2.05, 4.69) is 0 Å². The number of rotatable bonds is 3. The van der Waals surface area contributed by atoms with Gasteiger partial charge in [0.2, 0.25) is 0 Å². The van der Waals surface area contributed by atoms with Crippen molar-refractivity contribution in [2.24, 2.45) is 5.92 Å². The van der Waals surface area contributed by atoms with Crippen molar-refractivity contribution in [3.8, 4) is 0 Å². The number of benzene rings is 1. The maximum Gasteiger partial charge on any atom is 0.318 e. The summed E-state index contributed by atoms with van der Waals surface area (Å²) in [5, 5.41) is 0. The summed E-state index contributed by atoms with van der Waals surface area (Å²) in [6.45, 7) is 1.20. The van der Waals surface area contributed by atoms with Crippen LogP contribution in [0.4, 0.5) is 18.9 Å². The second-order valence-corrected chi connectivity index (χ2v) is 4.37. The number of hydrogen-bond acceptors (Lipinski definition) is 4. The lowest BCUT2D eigenvalue weighted by Crippen LogP contribution is -2.26. The Kier molecular flexibility index (Phi) is 3.96. The maximum absolute atomic E-state index is 13.6. The van der Waals surface area contributed by atoms with Crippen LogP contribution in [0.2, 0.25) is 0 Å². The van der Waals surface area contributed by atoms with Gasteiger partial charge in [-0.1, -0.05) is 0 Å². The van der Waals surface area contributed by atoms with E-state index in [1.807, 2.05) is 0 Å². The van der Waals surface area contributed by atoms with E-state index in [1.54, 1.807) is 6.92 Å². The number of Topliss-reactive ketones (excluding diaryl/α,β-unsaturated/α-hetero) is 1. The number of ether oxygens (including phenoxy) is 1. The van der Waals surface area contributed by atoms with Gasteiger partial charge in [0.25, 0.3) is 0 Å². The summed E-state index contributed by atoms with van der Waals surface area (Å²) in [5.74, 6) is -5.54. The van der Waals surface area contributed by atoms with Gasteiger partial charge < -0.3 is 9.64 Å². The van der Waals surface area contributed by atoms with Crippen LogP contribution in [0.3, 0.4) is 0 Å². The number of carbonyl (C=O) groups excluding carboxylic acids is 2. The van der Waals surface area contributed by atoms with E-state index in [9.17, 15) is 22.8 Å². The lowest BCUT2D eigenvalue weighted by atomic mass is 10.1. The third-order valence-electron chi connectivity index (χ3n) is 3.01. The molecule has 0 bridgehead atoms. The highest BCUT2D eigenvalue weighted by Gasteiger charge is 2.39. The summed E-state index contributed by atoms with van der Waals surface area (Å²) in [7, 11) is 0. The van der Waals surface area contributed by atoms with Crippen LogP contribution in [0.25, 0.3) is 0 Å². The van der Waals surface area contributed by atoms with E-state index in [0.717, 1.165) is 4.90 Å². The van der Waals surface area contributed by atoms with Gasteiger partial charge in [0.05, 0.1) is 13.2 Å². The van der Waals surface area contributed by atoms with Crippen molar-refractivity contribution in [3.63, 3.8) is 0 Å². The molecular weight excluding hydrogens is 275 g/mol. The molecule has 1 aromatic carbocycles. The molecule has 1 saturated heterocycles. The Labute approximate surface area is 113 Å². The van der Waals surface area contributed by atoms with Gasteiger partial charge in [0.15, 0.2) is 17.4 Å². The number of esters is 1. The van der Waals surface area contributed by atoms with Crippen LogP contribution in [-0.4, -0.2) is 31.4 Å². The summed E-state index contributed by atoms with van der Waals surface area (Å²) in [6.07, 6.45) is 0. The van der Waals surface area contributed by atoms with Gasteiger partial charge in [-0.15, -0.1) is 0 Å². The molecule has 0 saturated carbocycles. The minimum Gasteiger partial charge on any atom is -0.465 e. The van der Waals surface area contributed by atoms with Crippen LogP contribution in [-0.2, 0) is 14.3 Å². The number of hydrogen-bond donors (Lipinski definition) is 0. The number of nitrogens with zero attached hydrogens (tertiary/aromatic N) is 1. The molecule has 20 heavy (non-hydrogen) atoms. The lowest BCUT2D eigenvalue weighted by Gasteiger charge is -2.18. The summed E-state index contributed by atoms with van der Waals surface area (Å²) in [4.78, 5) is 24.3. The molecule has 0 aromatic heterocycles. The van der Waals surface area contributed by atoms with Gasteiger partial charge in [-0.3, -0.25) is 9.59 Å². The molecule has 0 N–H and O–H groups in total. The zero-order chi connectivity index (χ0) is 14.9. The van der Waals surface area contributed by atoms with Gasteiger partial charge in [0.1, 0.15) is 17.4 Å². The van der Waals surface area contributed by atoms with Crippen molar-refractivity contribution < 1.29 is 27.5 Å². The fraction of sp³-hybridized carbons (Fsp3) is 0.385. The molecule has 1 atom stereocenters. The zero-order valence-corrected chi connectivity index (χ0v) is 10.7. The van der Waals surface area contributed by atoms with E-state index in [4.69, 9.17) is 4.74 Å². The van der Waals surface area contributed by atoms with E-state index < -0.39 is 40.8 Å². The first-order valence-corrected chi connectivity index (χ1v) is 6.03. The van der Waals surface area contributed by atoms with E-state index in [1.165, 1.54) is 0 Å². The number of ketones is 1. The van der Waals surface area contributed by atoms with Gasteiger partial charge in [-0.05, 0) is 6.92 Å². The smallest absolute Gasteiger partial charge is 0.318 e. The predicted molar refractivity (Wildman–Crippen MR) is 63.7 cm³/mol. The topological polar surface area (TPSA) is 46.6 Å². The van der Waals surface area contributed by atoms with Crippen molar-refractivity contribution >= 4 is 17.4 Å². The summed E-state index contributed by atoms with van der Waals surface area (Å²) in [5.41, 5.74) is -0.508. The summed E-state index contributed by atoms with van der Waals surface area (Å²) in [6, 6.07) is 1.06. The molecule has 0 radical (unpaired) electrons. The van der Waals surface area contributed by atoms with Gasteiger partial charge in [-0.25, -0.2) is 13.2 Å². The Bertz CT molecular complexity index is 539. The van der Waals surface area contributed by atoms with E-state index in [0.29, 0.717) is 12.1 Å². The van der Waals surface area contributed by atoms with Gasteiger partial charge >= 0.3 is 5.97 Å². The molecule has 1 unspecified atom stereocenters. The summed E-state index contributed by atoms with van der Waals surface area (Å²) < 4.78 is 44.8. The maximum atomic E-state index is 13.6. The molecule has 1 aliphatic rings. The molecular formula is C13H12F3NO3. The molecule has 2 rings (SSSR count). The Morgan fingerprint density at radius 2 is 1.95 bits per heavy atom. The van der Waals surface area contributed by atoms with Crippen LogP contribution in [0, 0.1) is 23.4 Å². The molecule has 0 aliphatic carbocycles. The van der Waals surface area contributed by atoms with Crippen molar-refractivity contribution in [3.05, 3.63) is 29.6 Å². The molecule has 108 valence electrons. The molecule has 0 spiro atoms. The van der Waals surface area contributed by atoms with Crippen LogP contribution in [0.5, 0.6) is 0 Å². The third-order valence-corrected chi connectivity index (χ3v) is 3.01. The number of anilines is 1. The fourth-order valence-electron chi connectivity index (χ4n) is 2.14. The van der Waals surface area contributed by atoms with Crippen LogP contribution in [0.15, 0.2) is 12.1 Å². The summed E-state index contributed by atoms with van der Waals surface area (Å²) >= 11 is 0. The van der Waals surface area contributed by atoms with E-state index >= 15 is 0 Å². The molecule has 1 aromatic rings. The first-order valence-electron chi connectivity index (χ1n) is 6.03. The highest BCUT2D eigenvalue weighted by Crippen LogP contribution is 2.28. The first-order chi connectivity index (χ1) is 9.43. The van der Waals surface area contributed by atoms with Crippen molar-refractivity contribution in [2.45, 2.75) is 6.92 Å². The third kappa shape index (κ3) is 2.61. The average Bonchev–Trinajstić information content (AvgIpc) is 2.70. The second kappa shape index (κ2) is 5.52. The van der Waals surface area contributed by atoms with E-state index in [-0.39, 0.29) is 19.7 Å². The highest BCUT2D eigenvalue weighted by atomic mass is 19.1. The monoisotopic (exact) mass is 287 g/mol. The molecule has 7 heteroatoms. The van der Waals surface area contributed by atoms with Crippen LogP contribution in [0.1, 0.15) is 6.92 Å². The van der Waals surface area contributed by atoms with Gasteiger partial charge in [-0.2, -0.15) is 0 Å². The fourth-order valence-corrected chi connectivity index (χ4v) is 2.14. The minimum absolute atomic E-state index is 0.113. The standard InChI is InChI=1S/C13H12F3NO3/c1-2-20-13(19)8-5-17(6-11(8)18)12-9(15)3-7(14)4-10(12)16/h3-4,8H,2,5-6H2,1H3. The number of halogens is 3. The van der Waals surface area contributed by atoms with Crippen molar-refractivity contribution in [2.75, 3.05) is 24.6 Å². The highest BCUT2D eigenvalue weighted by molar-refractivity contribution is 6.04. The zero-order valence-electron chi connectivity index (χ0n) is 10.7. The normalized spacial score (nSPS) is 18.5. The van der Waals surface area contributed by atoms with Crippen molar-refractivity contribution in [1.29, 1.82) is 0 Å². The second-order valence-electron chi connectivity index (χ2n) is 4.37. The lowest BCUT2D eigenvalue weighted by molar-refractivity contribution is -0.149. The SMILES string of the molecule is CCOC(=O)C1CN(c2c(F)cc(F)cc2F)CC1=O. The average molecular weight is 287 g/mol. The van der Waals surface area contributed by atoms with Crippen molar-refractivity contribution in [1.82, 2.24) is 0 Å². The molecule has 1 heterocycles. The number of carbonyl (C=O) groups is 2. The quantitative estimate of drug-likeness (QED) is 0.627. The Morgan fingerprint density at radius 3 is 2.50 bits per heavy atom. The predicted octanol–water partition coefficient (Wildman–Crippen LogP) is 1.67. The largest absolute Gasteiger partial charge is 0.465 e. The Morgan fingerprint density at radius 1 is 1.35 bits per heavy atom. The van der Waals surface area contributed by atoms with Crippen LogP contribution >= 0.6 is 0 Å². The Hall–Kier alpha value is -2.05. The Balaban J connectivity index is 2.25. The van der Waals surface area contributed by atoms with Gasteiger partial charge in [0, 0.05) is 18.7 Å². The minimum atomic E-state index is -1.11. The first kappa shape index (κ1) is 14.4. The molecule has 0 amide bonds. The molecule has 1 aliphatic heterocycles. The van der Waals surface area contributed by atoms with Crippen LogP contribution < -0.4 is 4.90 Å². The molecule has 1 fully saturated rings.